The summed E-state index contributed by atoms with van der Waals surface area (Å²) in [6.45, 7) is 2.69. The Morgan fingerprint density at radius 1 is 1.15 bits per heavy atom. The molecule has 0 bridgehead atoms. The molecule has 0 saturated heterocycles. The van der Waals surface area contributed by atoms with Crippen LogP contribution in [0.15, 0.2) is 53.7 Å². The quantitative estimate of drug-likeness (QED) is 0.366. The van der Waals surface area contributed by atoms with E-state index in [9.17, 15) is 18.4 Å². The van der Waals surface area contributed by atoms with Gasteiger partial charge in [-0.3, -0.25) is 15.0 Å². The molecule has 1 atom stereocenters. The van der Waals surface area contributed by atoms with Gasteiger partial charge in [0.05, 0.1) is 18.1 Å². The average Bonchev–Trinajstić information content (AvgIpc) is 2.88. The number of carbonyl (C=O) groups excluding carboxylic acids is 1. The van der Waals surface area contributed by atoms with Crippen LogP contribution in [-0.4, -0.2) is 54.7 Å². The third kappa shape index (κ3) is 6.32. The molecule has 1 unspecified atom stereocenters. The molecule has 3 rings (SSSR count). The van der Waals surface area contributed by atoms with Crippen LogP contribution in [0.3, 0.4) is 0 Å². The van der Waals surface area contributed by atoms with Crippen LogP contribution in [0.2, 0.25) is 0 Å². The van der Waals surface area contributed by atoms with Gasteiger partial charge < -0.3 is 9.47 Å². The van der Waals surface area contributed by atoms with E-state index in [1.807, 2.05) is 6.92 Å². The van der Waals surface area contributed by atoms with Crippen LogP contribution < -0.4 is 10.2 Å². The van der Waals surface area contributed by atoms with E-state index >= 15 is 0 Å². The fourth-order valence-corrected chi connectivity index (χ4v) is 6.02. The van der Waals surface area contributed by atoms with Gasteiger partial charge in [0.25, 0.3) is 5.91 Å². The highest BCUT2D eigenvalue weighted by molar-refractivity contribution is 7.89. The van der Waals surface area contributed by atoms with Crippen molar-refractivity contribution in [3.63, 3.8) is 0 Å². The lowest BCUT2D eigenvalue weighted by atomic mass is 9.82. The number of benzene rings is 1. The van der Waals surface area contributed by atoms with E-state index in [4.69, 9.17) is 9.47 Å². The molecular formula is C24H33N3O6S. The summed E-state index contributed by atoms with van der Waals surface area (Å²) in [6, 6.07) is 8.37. The first-order chi connectivity index (χ1) is 16.4. The Bertz CT molecular complexity index is 1010. The molecular weight excluding hydrogens is 458 g/mol. The van der Waals surface area contributed by atoms with E-state index in [1.165, 1.54) is 23.5 Å². The molecule has 2 aromatic rings. The Morgan fingerprint density at radius 2 is 1.79 bits per heavy atom. The summed E-state index contributed by atoms with van der Waals surface area (Å²) in [5.41, 5.74) is 2.39. The molecule has 34 heavy (non-hydrogen) atoms. The highest BCUT2D eigenvalue weighted by atomic mass is 32.2. The highest BCUT2D eigenvalue weighted by Crippen LogP contribution is 2.34. The zero-order valence-corrected chi connectivity index (χ0v) is 20.4. The van der Waals surface area contributed by atoms with Crippen molar-refractivity contribution < 1.29 is 27.9 Å². The summed E-state index contributed by atoms with van der Waals surface area (Å²) in [5, 5.41) is 9.55. The number of nitrogens with zero attached hydrogens (tertiary/aromatic N) is 2. The summed E-state index contributed by atoms with van der Waals surface area (Å²) < 4.78 is 39.9. The van der Waals surface area contributed by atoms with E-state index in [0.717, 1.165) is 19.3 Å². The maximum absolute atomic E-state index is 13.8. The SMILES string of the molecule is CCCOC1CCC(C(C(=O)NO)N(Cc2ccncc2)S(=O)(=O)c2ccc(OC)cc2)CC1. The van der Waals surface area contributed by atoms with Crippen molar-refractivity contribution in [2.24, 2.45) is 5.92 Å². The molecule has 2 N–H and O–H groups in total. The minimum absolute atomic E-state index is 0.0399. The summed E-state index contributed by atoms with van der Waals surface area (Å²) >= 11 is 0. The Morgan fingerprint density at radius 3 is 2.35 bits per heavy atom. The molecule has 186 valence electrons. The van der Waals surface area contributed by atoms with Crippen molar-refractivity contribution in [3.8, 4) is 5.75 Å². The van der Waals surface area contributed by atoms with Crippen molar-refractivity contribution in [3.05, 3.63) is 54.4 Å². The molecule has 1 aromatic heterocycles. The van der Waals surface area contributed by atoms with Crippen LogP contribution in [0, 0.1) is 5.92 Å². The van der Waals surface area contributed by atoms with Crippen LogP contribution in [0.25, 0.3) is 0 Å². The van der Waals surface area contributed by atoms with E-state index in [1.54, 1.807) is 42.1 Å². The Labute approximate surface area is 201 Å². The van der Waals surface area contributed by atoms with Gasteiger partial charge in [0.2, 0.25) is 10.0 Å². The van der Waals surface area contributed by atoms with Gasteiger partial charge in [0.1, 0.15) is 11.8 Å². The first-order valence-electron chi connectivity index (χ1n) is 11.5. The van der Waals surface area contributed by atoms with Crippen molar-refractivity contribution in [1.29, 1.82) is 0 Å². The summed E-state index contributed by atoms with van der Waals surface area (Å²) in [5.74, 6) is -0.498. The van der Waals surface area contributed by atoms with Gasteiger partial charge in [0.15, 0.2) is 0 Å². The normalized spacial score (nSPS) is 19.5. The average molecular weight is 492 g/mol. The largest absolute Gasteiger partial charge is 0.497 e. The number of sulfonamides is 1. The first-order valence-corrected chi connectivity index (χ1v) is 12.9. The van der Waals surface area contributed by atoms with Gasteiger partial charge >= 0.3 is 0 Å². The highest BCUT2D eigenvalue weighted by Gasteiger charge is 2.42. The number of ether oxygens (including phenoxy) is 2. The minimum atomic E-state index is -4.10. The predicted octanol–water partition coefficient (Wildman–Crippen LogP) is 3.14. The second kappa shape index (κ2) is 12.3. The van der Waals surface area contributed by atoms with Gasteiger partial charge in [-0.2, -0.15) is 4.31 Å². The zero-order valence-electron chi connectivity index (χ0n) is 19.6. The fourth-order valence-electron chi connectivity index (χ4n) is 4.39. The lowest BCUT2D eigenvalue weighted by Crippen LogP contribution is -2.53. The second-order valence-corrected chi connectivity index (χ2v) is 10.3. The molecule has 9 nitrogen and oxygen atoms in total. The number of pyridine rings is 1. The van der Waals surface area contributed by atoms with Crippen molar-refractivity contribution in [2.75, 3.05) is 13.7 Å². The van der Waals surface area contributed by atoms with Gasteiger partial charge in [-0.15, -0.1) is 0 Å². The molecule has 0 aliphatic heterocycles. The van der Waals surface area contributed by atoms with Crippen LogP contribution in [0.5, 0.6) is 5.75 Å². The van der Waals surface area contributed by atoms with E-state index in [-0.39, 0.29) is 23.5 Å². The minimum Gasteiger partial charge on any atom is -0.497 e. The molecule has 1 aliphatic carbocycles. The molecule has 10 heteroatoms. The standard InChI is InChI=1S/C24H33N3O6S/c1-3-16-33-21-6-4-19(5-7-21)23(24(28)26-29)27(17-18-12-14-25-15-13-18)34(30,31)22-10-8-20(32-2)9-11-22/h8-15,19,21,23,29H,3-7,16-17H2,1-2H3,(H,26,28). The molecule has 0 spiro atoms. The molecule has 1 saturated carbocycles. The summed E-state index contributed by atoms with van der Waals surface area (Å²) in [7, 11) is -2.60. The van der Waals surface area contributed by atoms with Crippen LogP contribution in [-0.2, 0) is 26.1 Å². The maximum Gasteiger partial charge on any atom is 0.262 e. The van der Waals surface area contributed by atoms with Gasteiger partial charge in [0, 0.05) is 25.5 Å². The molecule has 1 heterocycles. The summed E-state index contributed by atoms with van der Waals surface area (Å²) in [6.07, 6.45) is 6.85. The molecule has 0 radical (unpaired) electrons. The van der Waals surface area contributed by atoms with Gasteiger partial charge in [-0.05, 0) is 80.0 Å². The van der Waals surface area contributed by atoms with Crippen molar-refractivity contribution in [2.45, 2.75) is 62.6 Å². The van der Waals surface area contributed by atoms with Crippen LogP contribution >= 0.6 is 0 Å². The topological polar surface area (TPSA) is 118 Å². The van der Waals surface area contributed by atoms with Crippen LogP contribution in [0.1, 0.15) is 44.6 Å². The number of methoxy groups -OCH3 is 1. The number of aromatic nitrogens is 1. The fraction of sp³-hybridized carbons (Fsp3) is 0.500. The van der Waals surface area contributed by atoms with Crippen molar-refractivity contribution >= 4 is 15.9 Å². The lowest BCUT2D eigenvalue weighted by molar-refractivity contribution is -0.136. The Hall–Kier alpha value is -2.53. The van der Waals surface area contributed by atoms with E-state index in [2.05, 4.69) is 4.98 Å². The first kappa shape index (κ1) is 26.1. The van der Waals surface area contributed by atoms with Gasteiger partial charge in [-0.1, -0.05) is 6.92 Å². The van der Waals surface area contributed by atoms with Gasteiger partial charge in [-0.25, -0.2) is 13.9 Å². The molecule has 1 fully saturated rings. The maximum atomic E-state index is 13.8. The number of hydrogen-bond acceptors (Lipinski definition) is 7. The second-order valence-electron chi connectivity index (χ2n) is 8.41. The molecule has 1 amide bonds. The van der Waals surface area contributed by atoms with E-state index < -0.39 is 22.0 Å². The zero-order chi connectivity index (χ0) is 24.6. The number of carbonyl (C=O) groups is 1. The number of hydroxylamine groups is 1. The Kier molecular flexibility index (Phi) is 9.40. The monoisotopic (exact) mass is 491 g/mol. The summed E-state index contributed by atoms with van der Waals surface area (Å²) in [4.78, 5) is 17.0. The molecule has 1 aliphatic rings. The molecule has 1 aromatic carbocycles. The predicted molar refractivity (Wildman–Crippen MR) is 126 cm³/mol. The van der Waals surface area contributed by atoms with E-state index in [0.29, 0.717) is 30.8 Å². The lowest BCUT2D eigenvalue weighted by Gasteiger charge is -2.38. The Balaban J connectivity index is 1.96. The number of hydrogen-bond donors (Lipinski definition) is 2. The number of amides is 1. The smallest absolute Gasteiger partial charge is 0.262 e. The van der Waals surface area contributed by atoms with Crippen LogP contribution in [0.4, 0.5) is 0 Å². The third-order valence-electron chi connectivity index (χ3n) is 6.17. The number of nitrogens with one attached hydrogen (secondary N) is 1. The third-order valence-corrected chi connectivity index (χ3v) is 8.01. The number of rotatable bonds is 11. The van der Waals surface area contributed by atoms with Crippen molar-refractivity contribution in [1.82, 2.24) is 14.8 Å².